The van der Waals surface area contributed by atoms with Gasteiger partial charge in [-0.2, -0.15) is 0 Å². The van der Waals surface area contributed by atoms with Crippen LogP contribution in [0.25, 0.3) is 16.7 Å². The first-order valence-corrected chi connectivity index (χ1v) is 12.2. The van der Waals surface area contributed by atoms with Gasteiger partial charge in [0.25, 0.3) is 0 Å². The normalized spacial score (nSPS) is 11.6. The number of allylic oxidation sites excluding steroid dienone is 10. The average molecular weight is 461 g/mol. The standard InChI is InChI=1S/C25H22.C8H12.C2H6/c1-20(22-12-6-3-7-13-22)18-25(24-16-10-5-11-17-24)19-21(2)23-14-8-4-9-15-23;1-4-6-8(3)7-5-2;1-2/h3-19H,1H2,2H3;4-7H,1H2,2-3H3;1-2H3/b21-19+,25-18+;7-5-,8-6-;. The van der Waals surface area contributed by atoms with Crippen molar-refractivity contribution < 1.29 is 0 Å². The van der Waals surface area contributed by atoms with E-state index in [1.165, 1.54) is 22.3 Å². The van der Waals surface area contributed by atoms with Crippen molar-refractivity contribution in [3.05, 3.63) is 163 Å². The molecule has 180 valence electrons. The van der Waals surface area contributed by atoms with E-state index in [0.29, 0.717) is 0 Å². The van der Waals surface area contributed by atoms with E-state index < -0.39 is 0 Å². The molecule has 35 heavy (non-hydrogen) atoms. The Kier molecular flexibility index (Phi) is 14.6. The van der Waals surface area contributed by atoms with E-state index in [4.69, 9.17) is 0 Å². The first-order valence-electron chi connectivity index (χ1n) is 12.2. The molecule has 0 bridgehead atoms. The zero-order chi connectivity index (χ0) is 25.9. The zero-order valence-corrected chi connectivity index (χ0v) is 22.0. The summed E-state index contributed by atoms with van der Waals surface area (Å²) < 4.78 is 0. The fraction of sp³-hybridized carbons (Fsp3) is 0.143. The van der Waals surface area contributed by atoms with Crippen molar-refractivity contribution in [1.82, 2.24) is 0 Å². The van der Waals surface area contributed by atoms with Gasteiger partial charge in [-0.05, 0) is 60.3 Å². The van der Waals surface area contributed by atoms with Gasteiger partial charge in [-0.3, -0.25) is 0 Å². The molecule has 0 fully saturated rings. The Bertz CT molecular complexity index is 1120. The minimum absolute atomic E-state index is 1.01. The van der Waals surface area contributed by atoms with E-state index in [1.54, 1.807) is 6.08 Å². The third-order valence-corrected chi connectivity index (χ3v) is 4.99. The van der Waals surface area contributed by atoms with Crippen LogP contribution in [0.3, 0.4) is 0 Å². The second kappa shape index (κ2) is 17.6. The molecule has 3 rings (SSSR count). The highest BCUT2D eigenvalue weighted by Crippen LogP contribution is 2.26. The molecule has 0 N–H and O–H groups in total. The number of rotatable bonds is 7. The summed E-state index contributed by atoms with van der Waals surface area (Å²) in [6, 6.07) is 31.2. The van der Waals surface area contributed by atoms with Gasteiger partial charge in [0.1, 0.15) is 0 Å². The van der Waals surface area contributed by atoms with Crippen molar-refractivity contribution >= 4 is 16.7 Å². The van der Waals surface area contributed by atoms with Gasteiger partial charge in [0, 0.05) is 0 Å². The molecule has 0 aromatic heterocycles. The van der Waals surface area contributed by atoms with Crippen molar-refractivity contribution in [3.8, 4) is 0 Å². The van der Waals surface area contributed by atoms with Crippen molar-refractivity contribution in [2.24, 2.45) is 0 Å². The van der Waals surface area contributed by atoms with Crippen LogP contribution in [0.5, 0.6) is 0 Å². The van der Waals surface area contributed by atoms with E-state index in [1.807, 2.05) is 76.3 Å². The maximum atomic E-state index is 4.26. The lowest BCUT2D eigenvalue weighted by Crippen LogP contribution is -1.86. The van der Waals surface area contributed by atoms with Crippen molar-refractivity contribution in [2.75, 3.05) is 0 Å². The number of benzene rings is 3. The Hall–Kier alpha value is -3.90. The van der Waals surface area contributed by atoms with Gasteiger partial charge >= 0.3 is 0 Å². The lowest BCUT2D eigenvalue weighted by molar-refractivity contribution is 1.50. The molecule has 0 unspecified atom stereocenters. The second-order valence-corrected chi connectivity index (χ2v) is 7.70. The summed E-state index contributed by atoms with van der Waals surface area (Å²) in [5.74, 6) is 0. The van der Waals surface area contributed by atoms with Crippen LogP contribution >= 0.6 is 0 Å². The molecule has 3 aromatic rings. The topological polar surface area (TPSA) is 0 Å². The quantitative estimate of drug-likeness (QED) is 0.308. The van der Waals surface area contributed by atoms with Crippen molar-refractivity contribution in [2.45, 2.75) is 34.6 Å². The van der Waals surface area contributed by atoms with Gasteiger partial charge in [-0.15, -0.1) is 0 Å². The van der Waals surface area contributed by atoms with Crippen LogP contribution in [-0.4, -0.2) is 0 Å². The third kappa shape index (κ3) is 11.2. The Labute approximate surface area is 214 Å². The first kappa shape index (κ1) is 29.1. The molecular formula is C35H40. The predicted molar refractivity (Wildman–Crippen MR) is 160 cm³/mol. The summed E-state index contributed by atoms with van der Waals surface area (Å²) in [6.45, 7) is 18.0. The molecule has 0 aliphatic heterocycles. The summed E-state index contributed by atoms with van der Waals surface area (Å²) in [6.07, 6.45) is 12.2. The van der Waals surface area contributed by atoms with Gasteiger partial charge in [-0.1, -0.05) is 154 Å². The Morgan fingerprint density at radius 3 is 1.57 bits per heavy atom. The van der Waals surface area contributed by atoms with Gasteiger partial charge in [-0.25, -0.2) is 0 Å². The van der Waals surface area contributed by atoms with E-state index in [2.05, 4.69) is 92.9 Å². The molecule has 0 heteroatoms. The molecule has 0 saturated heterocycles. The van der Waals surface area contributed by atoms with Crippen LogP contribution in [-0.2, 0) is 0 Å². The number of hydrogen-bond donors (Lipinski definition) is 0. The lowest BCUT2D eigenvalue weighted by atomic mass is 9.96. The predicted octanol–water partition coefficient (Wildman–Crippen LogP) is 10.6. The van der Waals surface area contributed by atoms with Crippen LogP contribution in [0.1, 0.15) is 51.3 Å². The maximum absolute atomic E-state index is 4.26. The van der Waals surface area contributed by atoms with Crippen molar-refractivity contribution in [3.63, 3.8) is 0 Å². The summed E-state index contributed by atoms with van der Waals surface area (Å²) in [4.78, 5) is 0. The summed E-state index contributed by atoms with van der Waals surface area (Å²) in [5, 5.41) is 0. The molecule has 0 radical (unpaired) electrons. The van der Waals surface area contributed by atoms with Gasteiger partial charge < -0.3 is 0 Å². The fourth-order valence-electron chi connectivity index (χ4n) is 3.28. The fourth-order valence-corrected chi connectivity index (χ4v) is 3.28. The summed E-state index contributed by atoms with van der Waals surface area (Å²) in [7, 11) is 0. The van der Waals surface area contributed by atoms with Crippen LogP contribution in [0, 0.1) is 0 Å². The van der Waals surface area contributed by atoms with Crippen LogP contribution in [0.2, 0.25) is 0 Å². The van der Waals surface area contributed by atoms with Crippen LogP contribution in [0.15, 0.2) is 146 Å². The van der Waals surface area contributed by atoms with Crippen LogP contribution in [0.4, 0.5) is 0 Å². The Morgan fingerprint density at radius 1 is 0.657 bits per heavy atom. The minimum atomic E-state index is 1.01. The zero-order valence-electron chi connectivity index (χ0n) is 22.0. The highest BCUT2D eigenvalue weighted by molar-refractivity contribution is 5.90. The van der Waals surface area contributed by atoms with Gasteiger partial charge in [0.2, 0.25) is 0 Å². The maximum Gasteiger partial charge on any atom is -0.0175 e. The number of hydrogen-bond acceptors (Lipinski definition) is 0. The molecule has 0 saturated carbocycles. The summed E-state index contributed by atoms with van der Waals surface area (Å²) >= 11 is 0. The van der Waals surface area contributed by atoms with E-state index in [0.717, 1.165) is 16.7 Å². The molecule has 3 aromatic carbocycles. The molecule has 0 nitrogen and oxygen atoms in total. The lowest BCUT2D eigenvalue weighted by Gasteiger charge is -2.08. The highest BCUT2D eigenvalue weighted by atomic mass is 14.1. The molecule has 0 heterocycles. The molecule has 0 atom stereocenters. The molecule has 0 amide bonds. The SMILES string of the molecule is C=C(/C=C(\C=C(/C)c1ccccc1)c1ccccc1)c1ccccc1.C=C/C=C(C)\C=C/C.CC. The third-order valence-electron chi connectivity index (χ3n) is 4.99. The van der Waals surface area contributed by atoms with Gasteiger partial charge in [0.15, 0.2) is 0 Å². The van der Waals surface area contributed by atoms with E-state index >= 15 is 0 Å². The Morgan fingerprint density at radius 2 is 1.11 bits per heavy atom. The Balaban J connectivity index is 0.000000523. The van der Waals surface area contributed by atoms with Gasteiger partial charge in [0.05, 0.1) is 0 Å². The molecule has 0 aliphatic rings. The van der Waals surface area contributed by atoms with E-state index in [9.17, 15) is 0 Å². The monoisotopic (exact) mass is 460 g/mol. The average Bonchev–Trinajstić information content (AvgIpc) is 2.91. The largest absolute Gasteiger partial charge is 0.0991 e. The first-order chi connectivity index (χ1) is 17.0. The smallest absolute Gasteiger partial charge is 0.0175 e. The van der Waals surface area contributed by atoms with Crippen molar-refractivity contribution in [1.29, 1.82) is 0 Å². The summed E-state index contributed by atoms with van der Waals surface area (Å²) in [5.41, 5.74) is 8.21. The molecule has 0 spiro atoms. The second-order valence-electron chi connectivity index (χ2n) is 7.70. The van der Waals surface area contributed by atoms with E-state index in [-0.39, 0.29) is 0 Å². The minimum Gasteiger partial charge on any atom is -0.0991 e. The highest BCUT2D eigenvalue weighted by Gasteiger charge is 2.03. The molecular weight excluding hydrogens is 420 g/mol. The molecule has 0 aliphatic carbocycles. The van der Waals surface area contributed by atoms with Crippen LogP contribution < -0.4 is 0 Å².